The first kappa shape index (κ1) is 22.5. The van der Waals surface area contributed by atoms with Gasteiger partial charge in [-0.15, -0.1) is 0 Å². The normalized spacial score (nSPS) is 25.4. The van der Waals surface area contributed by atoms with E-state index in [0.29, 0.717) is 51.4 Å². The summed E-state index contributed by atoms with van der Waals surface area (Å²) in [6, 6.07) is 6.98. The predicted molar refractivity (Wildman–Crippen MR) is 122 cm³/mol. The SMILES string of the molecule is O=C(c1ccco1)N1CCN(C(=O)C2CCCN(C(=O)C3CC(c4ccncc4)NN3)C2)CC1. The number of pyridine rings is 1. The molecular weight excluding hydrogens is 436 g/mol. The summed E-state index contributed by atoms with van der Waals surface area (Å²) in [6.45, 7) is 3.08. The second-order valence-corrected chi connectivity index (χ2v) is 9.13. The summed E-state index contributed by atoms with van der Waals surface area (Å²) in [7, 11) is 0. The third-order valence-electron chi connectivity index (χ3n) is 7.00. The number of nitrogens with one attached hydrogen (secondary N) is 2. The Labute approximate surface area is 198 Å². The van der Waals surface area contributed by atoms with Gasteiger partial charge in [-0.1, -0.05) is 0 Å². The van der Waals surface area contributed by atoms with Gasteiger partial charge in [-0.3, -0.25) is 19.4 Å². The van der Waals surface area contributed by atoms with E-state index < -0.39 is 0 Å². The van der Waals surface area contributed by atoms with Crippen LogP contribution < -0.4 is 10.9 Å². The molecule has 10 heteroatoms. The molecule has 0 radical (unpaired) electrons. The van der Waals surface area contributed by atoms with Crippen molar-refractivity contribution in [2.45, 2.75) is 31.3 Å². The molecule has 3 fully saturated rings. The number of rotatable bonds is 4. The molecule has 5 heterocycles. The Bertz CT molecular complexity index is 1010. The second-order valence-electron chi connectivity index (χ2n) is 9.13. The third kappa shape index (κ3) is 4.69. The highest BCUT2D eigenvalue weighted by atomic mass is 16.3. The summed E-state index contributed by atoms with van der Waals surface area (Å²) >= 11 is 0. The van der Waals surface area contributed by atoms with E-state index in [1.807, 2.05) is 21.9 Å². The molecule has 3 atom stereocenters. The number of hydrogen-bond donors (Lipinski definition) is 2. The van der Waals surface area contributed by atoms with Crippen LogP contribution in [-0.2, 0) is 9.59 Å². The topological polar surface area (TPSA) is 111 Å². The zero-order valence-electron chi connectivity index (χ0n) is 19.1. The van der Waals surface area contributed by atoms with Crippen LogP contribution in [0.4, 0.5) is 0 Å². The van der Waals surface area contributed by atoms with Gasteiger partial charge < -0.3 is 19.1 Å². The standard InChI is InChI=1S/C24H30N6O4/c31-22(28-10-12-29(13-11-28)24(33)21-4-2-14-34-21)18-3-1-9-30(16-18)23(32)20-15-19(26-27-20)17-5-7-25-8-6-17/h2,4-8,14,18-20,26-27H,1,3,9-13,15-16H2. The molecule has 34 heavy (non-hydrogen) atoms. The van der Waals surface area contributed by atoms with Crippen LogP contribution in [0.3, 0.4) is 0 Å². The molecule has 3 unspecified atom stereocenters. The lowest BCUT2D eigenvalue weighted by molar-refractivity contribution is -0.142. The Morgan fingerprint density at radius 3 is 2.41 bits per heavy atom. The summed E-state index contributed by atoms with van der Waals surface area (Å²) in [5, 5.41) is 0. The van der Waals surface area contributed by atoms with Crippen molar-refractivity contribution in [2.24, 2.45) is 5.92 Å². The van der Waals surface area contributed by atoms with E-state index in [1.165, 1.54) is 6.26 Å². The number of hydrazine groups is 1. The number of likely N-dealkylation sites (tertiary alicyclic amines) is 1. The third-order valence-corrected chi connectivity index (χ3v) is 7.00. The second kappa shape index (κ2) is 9.94. The van der Waals surface area contributed by atoms with Gasteiger partial charge in [0.1, 0.15) is 6.04 Å². The Kier molecular flexibility index (Phi) is 6.59. The maximum atomic E-state index is 13.2. The van der Waals surface area contributed by atoms with Crippen LogP contribution in [0, 0.1) is 5.92 Å². The zero-order chi connectivity index (χ0) is 23.5. The van der Waals surface area contributed by atoms with Crippen molar-refractivity contribution < 1.29 is 18.8 Å². The molecule has 3 amide bonds. The van der Waals surface area contributed by atoms with E-state index in [-0.39, 0.29) is 35.7 Å². The number of hydrogen-bond acceptors (Lipinski definition) is 7. The van der Waals surface area contributed by atoms with Crippen molar-refractivity contribution >= 4 is 17.7 Å². The Morgan fingerprint density at radius 2 is 1.68 bits per heavy atom. The molecule has 10 nitrogen and oxygen atoms in total. The van der Waals surface area contributed by atoms with Crippen molar-refractivity contribution in [1.29, 1.82) is 0 Å². The number of amides is 3. The van der Waals surface area contributed by atoms with E-state index >= 15 is 0 Å². The number of piperidine rings is 1. The minimum atomic E-state index is -0.317. The summed E-state index contributed by atoms with van der Waals surface area (Å²) in [4.78, 5) is 48.3. The van der Waals surface area contributed by atoms with Gasteiger partial charge in [-0.25, -0.2) is 10.9 Å². The van der Waals surface area contributed by atoms with E-state index in [0.717, 1.165) is 18.4 Å². The van der Waals surface area contributed by atoms with E-state index in [2.05, 4.69) is 15.8 Å². The Hall–Kier alpha value is -3.24. The smallest absolute Gasteiger partial charge is 0.289 e. The van der Waals surface area contributed by atoms with Crippen molar-refractivity contribution in [3.8, 4) is 0 Å². The number of carbonyl (C=O) groups excluding carboxylic acids is 3. The van der Waals surface area contributed by atoms with E-state index in [9.17, 15) is 14.4 Å². The van der Waals surface area contributed by atoms with E-state index in [1.54, 1.807) is 29.4 Å². The lowest BCUT2D eigenvalue weighted by Crippen LogP contribution is -2.55. The Morgan fingerprint density at radius 1 is 0.912 bits per heavy atom. The molecule has 2 aromatic heterocycles. The van der Waals surface area contributed by atoms with Gasteiger partial charge in [0.2, 0.25) is 11.8 Å². The number of furan rings is 1. The van der Waals surface area contributed by atoms with Gasteiger partial charge in [-0.2, -0.15) is 0 Å². The van der Waals surface area contributed by atoms with Crippen LogP contribution in [0.15, 0.2) is 47.3 Å². The lowest BCUT2D eigenvalue weighted by Gasteiger charge is -2.39. The molecule has 3 aliphatic rings. The molecule has 5 rings (SSSR count). The first-order valence-electron chi connectivity index (χ1n) is 11.9. The van der Waals surface area contributed by atoms with Crippen LogP contribution in [0.1, 0.15) is 41.4 Å². The summed E-state index contributed by atoms with van der Waals surface area (Å²) < 4.78 is 5.20. The minimum absolute atomic E-state index is 0.0374. The van der Waals surface area contributed by atoms with Crippen molar-refractivity contribution in [3.05, 3.63) is 54.2 Å². The van der Waals surface area contributed by atoms with E-state index in [4.69, 9.17) is 4.42 Å². The fraction of sp³-hybridized carbons (Fsp3) is 0.500. The number of carbonyl (C=O) groups is 3. The maximum absolute atomic E-state index is 13.2. The van der Waals surface area contributed by atoms with Crippen LogP contribution in [0.2, 0.25) is 0 Å². The molecule has 0 aromatic carbocycles. The first-order valence-corrected chi connectivity index (χ1v) is 11.9. The van der Waals surface area contributed by atoms with Crippen molar-refractivity contribution in [2.75, 3.05) is 39.3 Å². The molecule has 3 aliphatic heterocycles. The molecule has 3 saturated heterocycles. The van der Waals surface area contributed by atoms with Gasteiger partial charge in [0, 0.05) is 57.7 Å². The summed E-state index contributed by atoms with van der Waals surface area (Å²) in [5.74, 6) is 0.0947. The highest BCUT2D eigenvalue weighted by Crippen LogP contribution is 2.25. The quantitative estimate of drug-likeness (QED) is 0.686. The van der Waals surface area contributed by atoms with Crippen LogP contribution in [0.5, 0.6) is 0 Å². The molecule has 0 bridgehead atoms. The van der Waals surface area contributed by atoms with Crippen LogP contribution >= 0.6 is 0 Å². The van der Waals surface area contributed by atoms with Gasteiger partial charge >= 0.3 is 0 Å². The molecule has 180 valence electrons. The Balaban J connectivity index is 1.13. The van der Waals surface area contributed by atoms with Gasteiger partial charge in [0.05, 0.1) is 12.2 Å². The predicted octanol–water partition coefficient (Wildman–Crippen LogP) is 0.805. The largest absolute Gasteiger partial charge is 0.459 e. The zero-order valence-corrected chi connectivity index (χ0v) is 19.1. The van der Waals surface area contributed by atoms with Crippen molar-refractivity contribution in [3.63, 3.8) is 0 Å². The van der Waals surface area contributed by atoms with Crippen LogP contribution in [0.25, 0.3) is 0 Å². The molecule has 2 N–H and O–H groups in total. The number of aromatic nitrogens is 1. The fourth-order valence-electron chi connectivity index (χ4n) is 5.08. The summed E-state index contributed by atoms with van der Waals surface area (Å²) in [5.41, 5.74) is 7.44. The minimum Gasteiger partial charge on any atom is -0.459 e. The van der Waals surface area contributed by atoms with Gasteiger partial charge in [-0.05, 0) is 49.1 Å². The highest BCUT2D eigenvalue weighted by molar-refractivity contribution is 5.91. The average Bonchev–Trinajstić information content (AvgIpc) is 3.61. The lowest BCUT2D eigenvalue weighted by atomic mass is 9.95. The maximum Gasteiger partial charge on any atom is 0.289 e. The molecule has 0 spiro atoms. The van der Waals surface area contributed by atoms with Crippen LogP contribution in [-0.4, -0.2) is 82.7 Å². The monoisotopic (exact) mass is 466 g/mol. The number of piperazine rings is 1. The fourth-order valence-corrected chi connectivity index (χ4v) is 5.08. The van der Waals surface area contributed by atoms with Gasteiger partial charge in [0.15, 0.2) is 5.76 Å². The average molecular weight is 467 g/mol. The molecular formula is C24H30N6O4. The number of nitrogens with zero attached hydrogens (tertiary/aromatic N) is 4. The van der Waals surface area contributed by atoms with Crippen molar-refractivity contribution in [1.82, 2.24) is 30.5 Å². The molecule has 2 aromatic rings. The highest BCUT2D eigenvalue weighted by Gasteiger charge is 2.37. The first-order chi connectivity index (χ1) is 16.6. The molecule has 0 aliphatic carbocycles. The van der Waals surface area contributed by atoms with Gasteiger partial charge in [0.25, 0.3) is 5.91 Å². The molecule has 0 saturated carbocycles. The summed E-state index contributed by atoms with van der Waals surface area (Å²) in [6.07, 6.45) is 7.24.